The summed E-state index contributed by atoms with van der Waals surface area (Å²) in [5, 5.41) is 7.11. The van der Waals surface area contributed by atoms with E-state index in [9.17, 15) is 0 Å². The van der Waals surface area contributed by atoms with E-state index in [1.54, 1.807) is 11.3 Å². The third-order valence-corrected chi connectivity index (χ3v) is 4.47. The van der Waals surface area contributed by atoms with Crippen molar-refractivity contribution in [1.29, 1.82) is 0 Å². The lowest BCUT2D eigenvalue weighted by Gasteiger charge is -2.18. The molecule has 0 fully saturated rings. The van der Waals surface area contributed by atoms with Gasteiger partial charge in [0.05, 0.1) is 11.9 Å². The van der Waals surface area contributed by atoms with Gasteiger partial charge in [0.1, 0.15) is 0 Å². The molecule has 0 spiro atoms. The van der Waals surface area contributed by atoms with Crippen LogP contribution in [0.3, 0.4) is 0 Å². The summed E-state index contributed by atoms with van der Waals surface area (Å²) in [5.41, 5.74) is 7.64. The number of nitrogens with zero attached hydrogens (tertiary/aromatic N) is 2. The van der Waals surface area contributed by atoms with Crippen molar-refractivity contribution in [3.05, 3.63) is 71.1 Å². The van der Waals surface area contributed by atoms with Gasteiger partial charge in [-0.3, -0.25) is 5.43 Å². The van der Waals surface area contributed by atoms with Gasteiger partial charge in [0.25, 0.3) is 0 Å². The zero-order chi connectivity index (χ0) is 17.0. The zero-order valence-electron chi connectivity index (χ0n) is 14.2. The van der Waals surface area contributed by atoms with Crippen molar-refractivity contribution in [1.82, 2.24) is 4.98 Å². The molecule has 1 N–H and O–H groups in total. The third kappa shape index (κ3) is 4.09. The Kier molecular flexibility index (Phi) is 4.76. The van der Waals surface area contributed by atoms with Gasteiger partial charge in [-0.2, -0.15) is 5.10 Å². The number of hydrogen-bond acceptors (Lipinski definition) is 4. The molecule has 0 aliphatic rings. The first-order chi connectivity index (χ1) is 11.5. The number of hydrazone groups is 1. The van der Waals surface area contributed by atoms with Crippen LogP contribution in [0.4, 0.5) is 5.13 Å². The average molecular weight is 335 g/mol. The summed E-state index contributed by atoms with van der Waals surface area (Å²) in [5.74, 6) is 0. The Hall–Kier alpha value is -2.46. The van der Waals surface area contributed by atoms with Gasteiger partial charge < -0.3 is 0 Å². The summed E-state index contributed by atoms with van der Waals surface area (Å²) in [6.45, 7) is 6.64. The minimum absolute atomic E-state index is 0.169. The van der Waals surface area contributed by atoms with E-state index < -0.39 is 0 Å². The lowest BCUT2D eigenvalue weighted by Crippen LogP contribution is -2.10. The molecule has 0 aliphatic heterocycles. The monoisotopic (exact) mass is 335 g/mol. The fraction of sp³-hybridized carbons (Fsp3) is 0.200. The van der Waals surface area contributed by atoms with Crippen LogP contribution in [0.5, 0.6) is 0 Å². The van der Waals surface area contributed by atoms with Crippen molar-refractivity contribution >= 4 is 22.7 Å². The van der Waals surface area contributed by atoms with Crippen molar-refractivity contribution < 1.29 is 0 Å². The summed E-state index contributed by atoms with van der Waals surface area (Å²) >= 11 is 1.55. The summed E-state index contributed by atoms with van der Waals surface area (Å²) in [6.07, 6.45) is 1.82. The minimum Gasteiger partial charge on any atom is -0.253 e. The maximum absolute atomic E-state index is 4.55. The molecule has 1 heterocycles. The number of rotatable bonds is 4. The Balaban J connectivity index is 1.64. The number of nitrogens with one attached hydrogen (secondary N) is 1. The molecule has 0 unspecified atom stereocenters. The van der Waals surface area contributed by atoms with E-state index in [4.69, 9.17) is 0 Å². The summed E-state index contributed by atoms with van der Waals surface area (Å²) in [4.78, 5) is 4.55. The van der Waals surface area contributed by atoms with Crippen LogP contribution in [0, 0.1) is 0 Å². The lowest BCUT2D eigenvalue weighted by atomic mass is 9.87. The van der Waals surface area contributed by atoms with Crippen LogP contribution in [0.2, 0.25) is 0 Å². The molecule has 0 saturated heterocycles. The molecule has 1 aromatic heterocycles. The van der Waals surface area contributed by atoms with Crippen LogP contribution < -0.4 is 5.43 Å². The number of benzene rings is 2. The van der Waals surface area contributed by atoms with Gasteiger partial charge in [0.2, 0.25) is 5.13 Å². The van der Waals surface area contributed by atoms with Crippen molar-refractivity contribution in [2.75, 3.05) is 5.43 Å². The van der Waals surface area contributed by atoms with Gasteiger partial charge in [-0.25, -0.2) is 4.98 Å². The highest BCUT2D eigenvalue weighted by molar-refractivity contribution is 7.14. The van der Waals surface area contributed by atoms with Gasteiger partial charge >= 0.3 is 0 Å². The standard InChI is InChI=1S/C20H21N3S/c1-20(2,3)17-11-9-15(10-12-17)13-21-23-19-22-18(14-24-19)16-7-5-4-6-8-16/h4-14H,1-3H3,(H,22,23)/b21-13+. The fourth-order valence-corrected chi connectivity index (χ4v) is 2.97. The second-order valence-corrected chi connectivity index (χ2v) is 7.50. The highest BCUT2D eigenvalue weighted by Crippen LogP contribution is 2.24. The first kappa shape index (κ1) is 16.4. The van der Waals surface area contributed by atoms with E-state index in [-0.39, 0.29) is 5.41 Å². The Labute approximate surface area is 147 Å². The van der Waals surface area contributed by atoms with E-state index >= 15 is 0 Å². The van der Waals surface area contributed by atoms with Gasteiger partial charge in [-0.05, 0) is 16.5 Å². The van der Waals surface area contributed by atoms with Crippen molar-refractivity contribution in [2.45, 2.75) is 26.2 Å². The van der Waals surface area contributed by atoms with Crippen LogP contribution >= 0.6 is 11.3 Å². The van der Waals surface area contributed by atoms with E-state index in [2.05, 4.69) is 72.7 Å². The molecule has 3 aromatic rings. The predicted molar refractivity (Wildman–Crippen MR) is 104 cm³/mol. The molecule has 0 amide bonds. The SMILES string of the molecule is CC(C)(C)c1ccc(/C=N/Nc2nc(-c3ccccc3)cs2)cc1. The van der Waals surface area contributed by atoms with Gasteiger partial charge in [-0.1, -0.05) is 75.4 Å². The van der Waals surface area contributed by atoms with Crippen molar-refractivity contribution in [3.8, 4) is 11.3 Å². The fourth-order valence-electron chi connectivity index (χ4n) is 2.30. The summed E-state index contributed by atoms with van der Waals surface area (Å²) < 4.78 is 0. The first-order valence-corrected chi connectivity index (χ1v) is 8.81. The quantitative estimate of drug-likeness (QED) is 0.501. The zero-order valence-corrected chi connectivity index (χ0v) is 15.0. The second kappa shape index (κ2) is 6.97. The Morgan fingerprint density at radius 1 is 1.00 bits per heavy atom. The summed E-state index contributed by atoms with van der Waals surface area (Å²) in [6, 6.07) is 18.6. The van der Waals surface area contributed by atoms with Crippen molar-refractivity contribution in [2.24, 2.45) is 5.10 Å². The minimum atomic E-state index is 0.169. The van der Waals surface area contributed by atoms with Crippen LogP contribution in [0.1, 0.15) is 31.9 Å². The van der Waals surface area contributed by atoms with Crippen LogP contribution in [0.25, 0.3) is 11.3 Å². The molecule has 3 rings (SSSR count). The largest absolute Gasteiger partial charge is 0.253 e. The smallest absolute Gasteiger partial charge is 0.203 e. The molecule has 122 valence electrons. The van der Waals surface area contributed by atoms with Crippen molar-refractivity contribution in [3.63, 3.8) is 0 Å². The number of hydrogen-bond donors (Lipinski definition) is 1. The topological polar surface area (TPSA) is 37.3 Å². The predicted octanol–water partition coefficient (Wildman–Crippen LogP) is 5.55. The van der Waals surface area contributed by atoms with E-state index in [0.717, 1.165) is 22.0 Å². The molecular weight excluding hydrogens is 314 g/mol. The van der Waals surface area contributed by atoms with Crippen LogP contribution in [-0.2, 0) is 5.41 Å². The lowest BCUT2D eigenvalue weighted by molar-refractivity contribution is 0.590. The Morgan fingerprint density at radius 3 is 2.38 bits per heavy atom. The van der Waals surface area contributed by atoms with Crippen LogP contribution in [0.15, 0.2) is 65.1 Å². The Morgan fingerprint density at radius 2 is 1.71 bits per heavy atom. The number of anilines is 1. The summed E-state index contributed by atoms with van der Waals surface area (Å²) in [7, 11) is 0. The maximum atomic E-state index is 4.55. The van der Waals surface area contributed by atoms with Gasteiger partial charge in [0.15, 0.2) is 0 Å². The average Bonchev–Trinajstić information content (AvgIpc) is 3.04. The van der Waals surface area contributed by atoms with E-state index in [0.29, 0.717) is 0 Å². The highest BCUT2D eigenvalue weighted by atomic mass is 32.1. The molecule has 24 heavy (non-hydrogen) atoms. The first-order valence-electron chi connectivity index (χ1n) is 7.93. The highest BCUT2D eigenvalue weighted by Gasteiger charge is 2.12. The maximum Gasteiger partial charge on any atom is 0.203 e. The van der Waals surface area contributed by atoms with E-state index in [1.807, 2.05) is 29.8 Å². The van der Waals surface area contributed by atoms with Gasteiger partial charge in [0, 0.05) is 10.9 Å². The van der Waals surface area contributed by atoms with E-state index in [1.165, 1.54) is 5.56 Å². The van der Waals surface area contributed by atoms with Crippen LogP contribution in [-0.4, -0.2) is 11.2 Å². The normalized spacial score (nSPS) is 11.8. The number of aromatic nitrogens is 1. The Bertz CT molecular complexity index is 812. The molecule has 0 atom stereocenters. The third-order valence-electron chi connectivity index (χ3n) is 3.72. The molecule has 2 aromatic carbocycles. The molecule has 0 saturated carbocycles. The molecule has 0 aliphatic carbocycles. The van der Waals surface area contributed by atoms with Gasteiger partial charge in [-0.15, -0.1) is 11.3 Å². The molecule has 3 nitrogen and oxygen atoms in total. The molecule has 0 radical (unpaired) electrons. The second-order valence-electron chi connectivity index (χ2n) is 6.65. The molecule has 0 bridgehead atoms. The molecule has 4 heteroatoms. The molecular formula is C20H21N3S. The number of thiazole rings is 1.